The molecule has 0 fully saturated rings. The quantitative estimate of drug-likeness (QED) is 0.419. The van der Waals surface area contributed by atoms with E-state index < -0.39 is 0 Å². The summed E-state index contributed by atoms with van der Waals surface area (Å²) in [5.41, 5.74) is 2.29. The fourth-order valence-corrected chi connectivity index (χ4v) is 0.797. The molecule has 0 heterocycles. The fraction of sp³-hybridized carbons (Fsp3) is 0.444. The van der Waals surface area contributed by atoms with Crippen molar-refractivity contribution in [3.63, 3.8) is 0 Å². The van der Waals surface area contributed by atoms with Crippen LogP contribution >= 0.6 is 0 Å². The molecule has 0 unspecified atom stereocenters. The summed E-state index contributed by atoms with van der Waals surface area (Å²) in [6.45, 7) is 9.57. The van der Waals surface area contributed by atoms with Crippen LogP contribution in [0.25, 0.3) is 0 Å². The van der Waals surface area contributed by atoms with Crippen molar-refractivity contribution in [2.75, 3.05) is 0 Å². The SMILES string of the molecule is C=N/C(C)=C(\C=C/C)CC. The van der Waals surface area contributed by atoms with E-state index in [2.05, 4.69) is 24.7 Å². The van der Waals surface area contributed by atoms with E-state index in [0.29, 0.717) is 0 Å². The van der Waals surface area contributed by atoms with Crippen molar-refractivity contribution >= 4 is 6.72 Å². The molecule has 0 aliphatic rings. The Morgan fingerprint density at radius 1 is 1.60 bits per heavy atom. The minimum atomic E-state index is 1.02. The molecule has 0 spiro atoms. The van der Waals surface area contributed by atoms with Gasteiger partial charge in [-0.2, -0.15) is 0 Å². The standard InChI is InChI=1S/C9H15N/c1-5-7-9(6-2)8(3)10-4/h5,7H,4,6H2,1-3H3/b7-5-,9-8-. The third kappa shape index (κ3) is 2.62. The highest BCUT2D eigenvalue weighted by atomic mass is 14.7. The van der Waals surface area contributed by atoms with Crippen molar-refractivity contribution in [3.8, 4) is 0 Å². The lowest BCUT2D eigenvalue weighted by Gasteiger charge is -1.98. The molecule has 0 radical (unpaired) electrons. The van der Waals surface area contributed by atoms with Crippen LogP contribution in [0.4, 0.5) is 0 Å². The summed E-state index contributed by atoms with van der Waals surface area (Å²) in [5.74, 6) is 0. The maximum Gasteiger partial charge on any atom is 0.0397 e. The molecule has 56 valence electrons. The van der Waals surface area contributed by atoms with Crippen LogP contribution in [-0.4, -0.2) is 6.72 Å². The lowest BCUT2D eigenvalue weighted by molar-refractivity contribution is 1.09. The maximum atomic E-state index is 3.86. The zero-order valence-electron chi connectivity index (χ0n) is 7.02. The summed E-state index contributed by atoms with van der Waals surface area (Å²) in [7, 11) is 0. The zero-order valence-corrected chi connectivity index (χ0v) is 7.02. The van der Waals surface area contributed by atoms with Gasteiger partial charge in [-0.25, -0.2) is 0 Å². The lowest BCUT2D eigenvalue weighted by atomic mass is 10.1. The Labute approximate surface area is 63.2 Å². The Morgan fingerprint density at radius 2 is 2.20 bits per heavy atom. The van der Waals surface area contributed by atoms with Gasteiger partial charge in [0.1, 0.15) is 0 Å². The molecule has 0 aliphatic carbocycles. The molecule has 0 aromatic rings. The van der Waals surface area contributed by atoms with Crippen molar-refractivity contribution in [3.05, 3.63) is 23.4 Å². The topological polar surface area (TPSA) is 12.4 Å². The van der Waals surface area contributed by atoms with E-state index in [1.54, 1.807) is 0 Å². The van der Waals surface area contributed by atoms with Crippen LogP contribution in [-0.2, 0) is 0 Å². The van der Waals surface area contributed by atoms with Crippen molar-refractivity contribution in [2.45, 2.75) is 27.2 Å². The van der Waals surface area contributed by atoms with Crippen LogP contribution in [0.15, 0.2) is 28.4 Å². The van der Waals surface area contributed by atoms with Gasteiger partial charge in [-0.15, -0.1) is 0 Å². The molecule has 0 saturated carbocycles. The maximum absolute atomic E-state index is 3.86. The highest BCUT2D eigenvalue weighted by Gasteiger charge is 1.91. The minimum Gasteiger partial charge on any atom is -0.269 e. The second kappa shape index (κ2) is 4.98. The lowest BCUT2D eigenvalue weighted by Crippen LogP contribution is -1.79. The first-order chi connectivity index (χ1) is 4.76. The molecule has 0 saturated heterocycles. The van der Waals surface area contributed by atoms with Gasteiger partial charge in [-0.1, -0.05) is 19.1 Å². The summed E-state index contributed by atoms with van der Waals surface area (Å²) in [6, 6.07) is 0. The van der Waals surface area contributed by atoms with Gasteiger partial charge in [-0.05, 0) is 32.6 Å². The zero-order chi connectivity index (χ0) is 7.98. The molecule has 10 heavy (non-hydrogen) atoms. The van der Waals surface area contributed by atoms with Gasteiger partial charge >= 0.3 is 0 Å². The van der Waals surface area contributed by atoms with Gasteiger partial charge in [-0.3, -0.25) is 4.99 Å². The van der Waals surface area contributed by atoms with Gasteiger partial charge in [0, 0.05) is 5.70 Å². The predicted octanol–water partition coefficient (Wildman–Crippen LogP) is 2.95. The minimum absolute atomic E-state index is 1.02. The average molecular weight is 137 g/mol. The predicted molar refractivity (Wildman–Crippen MR) is 47.4 cm³/mol. The summed E-state index contributed by atoms with van der Waals surface area (Å²) >= 11 is 0. The van der Waals surface area contributed by atoms with Crippen LogP contribution < -0.4 is 0 Å². The number of nitrogens with zero attached hydrogens (tertiary/aromatic N) is 1. The molecule has 0 aromatic carbocycles. The summed E-state index contributed by atoms with van der Waals surface area (Å²) < 4.78 is 0. The molecule has 0 bridgehead atoms. The number of hydrogen-bond donors (Lipinski definition) is 0. The molecule has 1 heteroatoms. The monoisotopic (exact) mass is 137 g/mol. The van der Waals surface area contributed by atoms with Crippen molar-refractivity contribution in [1.29, 1.82) is 0 Å². The van der Waals surface area contributed by atoms with E-state index in [9.17, 15) is 0 Å². The number of aliphatic imine (C=N–C) groups is 1. The van der Waals surface area contributed by atoms with Crippen molar-refractivity contribution in [2.24, 2.45) is 4.99 Å². The van der Waals surface area contributed by atoms with E-state index in [1.165, 1.54) is 5.57 Å². The van der Waals surface area contributed by atoms with Crippen LogP contribution in [0.1, 0.15) is 27.2 Å². The first-order valence-corrected chi connectivity index (χ1v) is 3.55. The molecule has 0 rings (SSSR count). The first kappa shape index (κ1) is 9.15. The van der Waals surface area contributed by atoms with Gasteiger partial charge in [0.2, 0.25) is 0 Å². The molecular formula is C9H15N. The summed E-state index contributed by atoms with van der Waals surface area (Å²) in [4.78, 5) is 3.86. The van der Waals surface area contributed by atoms with Crippen LogP contribution in [0.5, 0.6) is 0 Å². The molecule has 1 nitrogen and oxygen atoms in total. The van der Waals surface area contributed by atoms with E-state index in [0.717, 1.165) is 12.1 Å². The number of rotatable bonds is 3. The van der Waals surface area contributed by atoms with E-state index in [1.807, 2.05) is 19.9 Å². The molecule has 0 atom stereocenters. The third-order valence-electron chi connectivity index (χ3n) is 1.45. The van der Waals surface area contributed by atoms with Crippen LogP contribution in [0, 0.1) is 0 Å². The van der Waals surface area contributed by atoms with Gasteiger partial charge in [0.05, 0.1) is 0 Å². The molecule has 0 N–H and O–H groups in total. The Morgan fingerprint density at radius 3 is 2.50 bits per heavy atom. The normalized spacial score (nSPS) is 13.5. The Hall–Kier alpha value is -0.850. The highest BCUT2D eigenvalue weighted by Crippen LogP contribution is 2.09. The average Bonchev–Trinajstić information content (AvgIpc) is 1.99. The smallest absolute Gasteiger partial charge is 0.0397 e. The molecular weight excluding hydrogens is 122 g/mol. The third-order valence-corrected chi connectivity index (χ3v) is 1.45. The number of allylic oxidation sites excluding steroid dienone is 4. The van der Waals surface area contributed by atoms with E-state index in [4.69, 9.17) is 0 Å². The summed E-state index contributed by atoms with van der Waals surface area (Å²) in [5, 5.41) is 0. The van der Waals surface area contributed by atoms with Crippen molar-refractivity contribution in [1.82, 2.24) is 0 Å². The Balaban J connectivity index is 4.44. The van der Waals surface area contributed by atoms with Crippen molar-refractivity contribution < 1.29 is 0 Å². The van der Waals surface area contributed by atoms with Gasteiger partial charge in [0.15, 0.2) is 0 Å². The van der Waals surface area contributed by atoms with Gasteiger partial charge < -0.3 is 0 Å². The molecule has 0 amide bonds. The molecule has 0 aromatic heterocycles. The molecule has 0 aliphatic heterocycles. The Kier molecular flexibility index (Phi) is 4.55. The first-order valence-electron chi connectivity index (χ1n) is 3.55. The number of hydrogen-bond acceptors (Lipinski definition) is 1. The summed E-state index contributed by atoms with van der Waals surface area (Å²) in [6.07, 6.45) is 5.12. The Bertz CT molecular complexity index is 164. The fourth-order valence-electron chi connectivity index (χ4n) is 0.797. The second-order valence-corrected chi connectivity index (χ2v) is 2.12. The second-order valence-electron chi connectivity index (χ2n) is 2.12. The largest absolute Gasteiger partial charge is 0.269 e. The van der Waals surface area contributed by atoms with Crippen LogP contribution in [0.3, 0.4) is 0 Å². The van der Waals surface area contributed by atoms with Crippen LogP contribution in [0.2, 0.25) is 0 Å². The van der Waals surface area contributed by atoms with E-state index >= 15 is 0 Å². The highest BCUT2D eigenvalue weighted by molar-refractivity contribution is 5.33. The van der Waals surface area contributed by atoms with E-state index in [-0.39, 0.29) is 0 Å². The van der Waals surface area contributed by atoms with Gasteiger partial charge in [0.25, 0.3) is 0 Å².